The standard InChI is InChI=1S/C21H36O6/c1-13(7-8-15-14(2)6-5-10-21(15,3)4)9-11-26-20-19(25)18(24)17(23)16(12-22)27-20/h7-8,13,16-20,22-25H,5-6,9-12H2,1-4H3/b8-7+/t13?,16-,17-,18+,19-,20?/m1/s1. The maximum Gasteiger partial charge on any atom is 0.186 e. The van der Waals surface area contributed by atoms with E-state index in [0.29, 0.717) is 6.61 Å². The van der Waals surface area contributed by atoms with Gasteiger partial charge in [-0.05, 0) is 49.5 Å². The summed E-state index contributed by atoms with van der Waals surface area (Å²) in [6.45, 7) is 8.81. The molecule has 1 fully saturated rings. The first-order chi connectivity index (χ1) is 12.7. The summed E-state index contributed by atoms with van der Waals surface area (Å²) in [6.07, 6.45) is 2.70. The highest BCUT2D eigenvalue weighted by molar-refractivity contribution is 5.32. The van der Waals surface area contributed by atoms with Crippen molar-refractivity contribution in [2.24, 2.45) is 11.3 Å². The fraction of sp³-hybridized carbons (Fsp3) is 0.810. The van der Waals surface area contributed by atoms with Gasteiger partial charge in [0.1, 0.15) is 24.4 Å². The number of ether oxygens (including phenoxy) is 2. The molecule has 2 unspecified atom stereocenters. The monoisotopic (exact) mass is 384 g/mol. The maximum absolute atomic E-state index is 9.99. The third-order valence-corrected chi connectivity index (χ3v) is 5.84. The van der Waals surface area contributed by atoms with Crippen molar-refractivity contribution in [1.29, 1.82) is 0 Å². The number of hydrogen-bond donors (Lipinski definition) is 4. The molecule has 2 aliphatic rings. The molecule has 0 bridgehead atoms. The molecule has 2 rings (SSSR count). The van der Waals surface area contributed by atoms with Crippen LogP contribution in [0.3, 0.4) is 0 Å². The van der Waals surface area contributed by atoms with E-state index in [4.69, 9.17) is 9.47 Å². The third-order valence-electron chi connectivity index (χ3n) is 5.84. The number of rotatable bonds is 7. The topological polar surface area (TPSA) is 99.4 Å². The Morgan fingerprint density at radius 3 is 2.56 bits per heavy atom. The Balaban J connectivity index is 1.84. The first-order valence-corrected chi connectivity index (χ1v) is 9.98. The number of allylic oxidation sites excluding steroid dienone is 4. The highest BCUT2D eigenvalue weighted by Crippen LogP contribution is 2.40. The van der Waals surface area contributed by atoms with E-state index in [2.05, 4.69) is 39.8 Å². The number of hydrogen-bond acceptors (Lipinski definition) is 6. The predicted octanol–water partition coefficient (Wildman–Crippen LogP) is 1.91. The van der Waals surface area contributed by atoms with Crippen LogP contribution >= 0.6 is 0 Å². The van der Waals surface area contributed by atoms with Crippen LogP contribution in [0.5, 0.6) is 0 Å². The van der Waals surface area contributed by atoms with Crippen LogP contribution in [-0.2, 0) is 9.47 Å². The van der Waals surface area contributed by atoms with E-state index < -0.39 is 37.3 Å². The van der Waals surface area contributed by atoms with Gasteiger partial charge in [-0.15, -0.1) is 0 Å². The van der Waals surface area contributed by atoms with Crippen molar-refractivity contribution in [1.82, 2.24) is 0 Å². The molecule has 6 atom stereocenters. The highest BCUT2D eigenvalue weighted by atomic mass is 16.7. The van der Waals surface area contributed by atoms with Crippen molar-refractivity contribution < 1.29 is 29.9 Å². The minimum Gasteiger partial charge on any atom is -0.394 e. The van der Waals surface area contributed by atoms with Gasteiger partial charge in [-0.3, -0.25) is 0 Å². The second kappa shape index (κ2) is 9.63. The van der Waals surface area contributed by atoms with E-state index in [0.717, 1.165) is 12.8 Å². The average molecular weight is 385 g/mol. The SMILES string of the molecule is CC1=C(/C=C/C(C)CCOC2O[C@H](CO)[C@@H](O)[C@H](O)[C@H]2O)C(C)(C)CCC1. The minimum absolute atomic E-state index is 0.214. The van der Waals surface area contributed by atoms with E-state index in [1.807, 2.05) is 0 Å². The molecular weight excluding hydrogens is 348 g/mol. The fourth-order valence-corrected chi connectivity index (χ4v) is 3.94. The molecule has 27 heavy (non-hydrogen) atoms. The molecule has 0 aromatic rings. The molecule has 0 saturated carbocycles. The number of aliphatic hydroxyl groups is 4. The lowest BCUT2D eigenvalue weighted by atomic mass is 9.72. The van der Waals surface area contributed by atoms with Gasteiger partial charge in [0.15, 0.2) is 6.29 Å². The van der Waals surface area contributed by atoms with Crippen LogP contribution in [0.2, 0.25) is 0 Å². The molecular formula is C21H36O6. The fourth-order valence-electron chi connectivity index (χ4n) is 3.94. The van der Waals surface area contributed by atoms with Gasteiger partial charge in [0, 0.05) is 0 Å². The molecule has 4 N–H and O–H groups in total. The Morgan fingerprint density at radius 1 is 1.22 bits per heavy atom. The molecule has 6 heteroatoms. The lowest BCUT2D eigenvalue weighted by Gasteiger charge is -2.39. The molecule has 156 valence electrons. The second-order valence-corrected chi connectivity index (χ2v) is 8.62. The lowest BCUT2D eigenvalue weighted by Crippen LogP contribution is -2.59. The zero-order valence-corrected chi connectivity index (χ0v) is 17.0. The van der Waals surface area contributed by atoms with E-state index in [1.165, 1.54) is 24.0 Å². The average Bonchev–Trinajstić information content (AvgIpc) is 2.60. The van der Waals surface area contributed by atoms with E-state index in [1.54, 1.807) is 0 Å². The summed E-state index contributed by atoms with van der Waals surface area (Å²) < 4.78 is 10.9. The van der Waals surface area contributed by atoms with Gasteiger partial charge in [-0.2, -0.15) is 0 Å². The normalized spacial score (nSPS) is 35.6. The molecule has 0 radical (unpaired) electrons. The van der Waals surface area contributed by atoms with Gasteiger partial charge in [-0.1, -0.05) is 38.5 Å². The Morgan fingerprint density at radius 2 is 1.93 bits per heavy atom. The van der Waals surface area contributed by atoms with Crippen molar-refractivity contribution >= 4 is 0 Å². The van der Waals surface area contributed by atoms with Crippen LogP contribution < -0.4 is 0 Å². The molecule has 0 aromatic heterocycles. The summed E-state index contributed by atoms with van der Waals surface area (Å²) in [6, 6.07) is 0. The van der Waals surface area contributed by atoms with Crippen LogP contribution in [0.25, 0.3) is 0 Å². The van der Waals surface area contributed by atoms with Gasteiger partial charge >= 0.3 is 0 Å². The lowest BCUT2D eigenvalue weighted by molar-refractivity contribution is -0.301. The largest absolute Gasteiger partial charge is 0.394 e. The van der Waals surface area contributed by atoms with E-state index in [9.17, 15) is 20.4 Å². The van der Waals surface area contributed by atoms with Gasteiger partial charge < -0.3 is 29.9 Å². The summed E-state index contributed by atoms with van der Waals surface area (Å²) in [5.41, 5.74) is 3.11. The van der Waals surface area contributed by atoms with Crippen molar-refractivity contribution in [3.8, 4) is 0 Å². The minimum atomic E-state index is -1.40. The molecule has 1 aliphatic heterocycles. The third kappa shape index (κ3) is 5.62. The van der Waals surface area contributed by atoms with Gasteiger partial charge in [-0.25, -0.2) is 0 Å². The van der Waals surface area contributed by atoms with Crippen LogP contribution in [0, 0.1) is 11.3 Å². The maximum atomic E-state index is 9.99. The van der Waals surface area contributed by atoms with Crippen LogP contribution in [0.4, 0.5) is 0 Å². The molecule has 1 saturated heterocycles. The zero-order valence-electron chi connectivity index (χ0n) is 17.0. The Bertz CT molecular complexity index is 539. The molecule has 6 nitrogen and oxygen atoms in total. The summed E-state index contributed by atoms with van der Waals surface area (Å²) in [7, 11) is 0. The molecule has 0 aromatic carbocycles. The van der Waals surface area contributed by atoms with Crippen LogP contribution in [0.15, 0.2) is 23.3 Å². The second-order valence-electron chi connectivity index (χ2n) is 8.62. The molecule has 1 heterocycles. The summed E-state index contributed by atoms with van der Waals surface area (Å²) in [4.78, 5) is 0. The van der Waals surface area contributed by atoms with Crippen molar-refractivity contribution in [3.63, 3.8) is 0 Å². The highest BCUT2D eigenvalue weighted by Gasteiger charge is 2.43. The van der Waals surface area contributed by atoms with Crippen molar-refractivity contribution in [3.05, 3.63) is 23.3 Å². The van der Waals surface area contributed by atoms with E-state index in [-0.39, 0.29) is 11.3 Å². The van der Waals surface area contributed by atoms with Crippen LogP contribution in [-0.4, -0.2) is 64.3 Å². The molecule has 0 spiro atoms. The quantitative estimate of drug-likeness (QED) is 0.535. The molecule has 1 aliphatic carbocycles. The number of aliphatic hydroxyl groups excluding tert-OH is 4. The molecule has 0 amide bonds. The Kier molecular flexibility index (Phi) is 8.04. The van der Waals surface area contributed by atoms with Gasteiger partial charge in [0.25, 0.3) is 0 Å². The first-order valence-electron chi connectivity index (χ1n) is 9.98. The van der Waals surface area contributed by atoms with Crippen molar-refractivity contribution in [2.75, 3.05) is 13.2 Å². The Hall–Kier alpha value is -0.760. The van der Waals surface area contributed by atoms with E-state index >= 15 is 0 Å². The zero-order chi connectivity index (χ0) is 20.2. The Labute approximate surface area is 162 Å². The predicted molar refractivity (Wildman–Crippen MR) is 103 cm³/mol. The summed E-state index contributed by atoms with van der Waals surface area (Å²) in [5, 5.41) is 38.8. The van der Waals surface area contributed by atoms with Crippen LogP contribution in [0.1, 0.15) is 53.4 Å². The smallest absolute Gasteiger partial charge is 0.186 e. The van der Waals surface area contributed by atoms with Gasteiger partial charge in [0.05, 0.1) is 13.2 Å². The summed E-state index contributed by atoms with van der Waals surface area (Å²) in [5.74, 6) is 0.285. The van der Waals surface area contributed by atoms with Gasteiger partial charge in [0.2, 0.25) is 0 Å². The first kappa shape index (κ1) is 22.5. The summed E-state index contributed by atoms with van der Waals surface area (Å²) >= 11 is 0. The van der Waals surface area contributed by atoms with Crippen molar-refractivity contribution in [2.45, 2.75) is 84.1 Å².